The predicted molar refractivity (Wildman–Crippen MR) is 206 cm³/mol. The summed E-state index contributed by atoms with van der Waals surface area (Å²) in [6.45, 7) is 23.1. The Morgan fingerprint density at radius 3 is 2.44 bits per heavy atom. The first-order chi connectivity index (χ1) is 23.1. The molecule has 5 nitrogen and oxygen atoms in total. The van der Waals surface area contributed by atoms with Crippen LogP contribution in [0, 0.1) is 18.8 Å². The molecular formula is C40H57F2N5S. The lowest BCUT2D eigenvalue weighted by Gasteiger charge is -2.37. The third-order valence-corrected chi connectivity index (χ3v) is 11.5. The number of piperidine rings is 1. The van der Waals surface area contributed by atoms with E-state index in [1.807, 2.05) is 45.9 Å². The maximum Gasteiger partial charge on any atom is 0.276 e. The van der Waals surface area contributed by atoms with Gasteiger partial charge in [0.05, 0.1) is 5.56 Å². The van der Waals surface area contributed by atoms with E-state index in [2.05, 4.69) is 46.8 Å². The average Bonchev–Trinajstić information content (AvgIpc) is 3.09. The zero-order chi connectivity index (χ0) is 34.8. The van der Waals surface area contributed by atoms with Gasteiger partial charge in [-0.3, -0.25) is 4.90 Å². The highest BCUT2D eigenvalue weighted by atomic mass is 32.2. The maximum atomic E-state index is 15.9. The van der Waals surface area contributed by atoms with Gasteiger partial charge in [-0.1, -0.05) is 56.6 Å². The van der Waals surface area contributed by atoms with Crippen molar-refractivity contribution < 1.29 is 8.78 Å². The second-order valence-corrected chi connectivity index (χ2v) is 15.2. The molecule has 0 saturated carbocycles. The van der Waals surface area contributed by atoms with E-state index in [4.69, 9.17) is 9.97 Å². The van der Waals surface area contributed by atoms with Gasteiger partial charge >= 0.3 is 0 Å². The van der Waals surface area contributed by atoms with E-state index in [-0.39, 0.29) is 22.1 Å². The number of unbranched alkanes of at least 4 members (excludes halogenated alkanes) is 2. The molecule has 4 heterocycles. The summed E-state index contributed by atoms with van der Waals surface area (Å²) in [5.41, 5.74) is 4.15. The SMILES string of the molecule is C=CCCCCN1C(=C)C(C2CCS(=C)CC2)=Cc2c(N[C@H](C)c3cccc(C(F)(F)C4CCN(CC=C)CC4)c3)nc(C)nc21.CC. The van der Waals surface area contributed by atoms with E-state index in [1.54, 1.807) is 18.2 Å². The number of rotatable bonds is 13. The van der Waals surface area contributed by atoms with Crippen LogP contribution in [0.3, 0.4) is 0 Å². The normalized spacial score (nSPS) is 21.0. The van der Waals surface area contributed by atoms with E-state index in [0.29, 0.717) is 37.7 Å². The standard InChI is InChI=1S/C38H51F2N5S.C2H6/c1-7-9-10-11-20-45-28(4)34(30-17-23-46(6)24-18-30)26-35-36(42-29(5)43-37(35)45)41-27(3)31-13-12-14-33(25-31)38(39,40)32-15-21-44(19-8-2)22-16-32;1-2/h7-8,12-14,25-27,30,32H,1-2,4,6,9-11,15-24H2,3,5H3,(H,41,42,43);1-2H3/t27-,30?,46?;/m1./s1. The van der Waals surface area contributed by atoms with Crippen LogP contribution in [0.5, 0.6) is 0 Å². The number of hydrogen-bond acceptors (Lipinski definition) is 5. The molecule has 1 atom stereocenters. The van der Waals surface area contributed by atoms with Crippen LogP contribution in [-0.4, -0.2) is 58.4 Å². The molecule has 0 bridgehead atoms. The van der Waals surface area contributed by atoms with Crippen LogP contribution in [0.15, 0.2) is 67.4 Å². The van der Waals surface area contributed by atoms with Crippen LogP contribution in [0.4, 0.5) is 20.4 Å². The molecule has 8 heteroatoms. The number of aromatic nitrogens is 2. The lowest BCUT2D eigenvalue weighted by Crippen LogP contribution is -2.39. The molecule has 262 valence electrons. The van der Waals surface area contributed by atoms with Gasteiger partial charge in [-0.15, -0.1) is 13.2 Å². The van der Waals surface area contributed by atoms with E-state index in [0.717, 1.165) is 85.2 Å². The number of nitrogens with one attached hydrogen (secondary N) is 1. The van der Waals surface area contributed by atoms with E-state index in [1.165, 1.54) is 5.57 Å². The van der Waals surface area contributed by atoms with Gasteiger partial charge in [0.15, 0.2) is 0 Å². The van der Waals surface area contributed by atoms with Crippen LogP contribution in [-0.2, 0) is 5.92 Å². The molecule has 0 aliphatic carbocycles. The summed E-state index contributed by atoms with van der Waals surface area (Å²) in [6, 6.07) is 6.71. The fourth-order valence-electron chi connectivity index (χ4n) is 7.07. The molecule has 2 fully saturated rings. The first kappa shape index (κ1) is 37.7. The Kier molecular flexibility index (Phi) is 13.8. The summed E-state index contributed by atoms with van der Waals surface area (Å²) >= 11 is 0. The molecule has 3 aliphatic heterocycles. The minimum absolute atomic E-state index is 0.0904. The van der Waals surface area contributed by atoms with Crippen LogP contribution in [0.2, 0.25) is 0 Å². The summed E-state index contributed by atoms with van der Waals surface area (Å²) in [5.74, 6) is 5.74. The molecule has 1 aromatic carbocycles. The first-order valence-corrected chi connectivity index (χ1v) is 19.6. The van der Waals surface area contributed by atoms with Crippen LogP contribution in [0.1, 0.15) is 94.3 Å². The Hall–Kier alpha value is -3.10. The monoisotopic (exact) mass is 677 g/mol. The molecule has 0 amide bonds. The number of fused-ring (bicyclic) bond motifs is 1. The number of benzene rings is 1. The number of anilines is 2. The van der Waals surface area contributed by atoms with Crippen LogP contribution >= 0.6 is 10.5 Å². The molecule has 0 radical (unpaired) electrons. The highest BCUT2D eigenvalue weighted by Gasteiger charge is 2.42. The number of allylic oxidation sites excluding steroid dienone is 2. The number of nitrogens with zero attached hydrogens (tertiary/aromatic N) is 4. The smallest absolute Gasteiger partial charge is 0.276 e. The van der Waals surface area contributed by atoms with Gasteiger partial charge < -0.3 is 10.2 Å². The Labute approximate surface area is 291 Å². The summed E-state index contributed by atoms with van der Waals surface area (Å²) in [7, 11) is 0.237. The molecule has 48 heavy (non-hydrogen) atoms. The number of halogens is 2. The van der Waals surface area contributed by atoms with Crippen molar-refractivity contribution in [3.05, 3.63) is 89.9 Å². The molecule has 1 N–H and O–H groups in total. The Bertz CT molecular complexity index is 1470. The number of alkyl halides is 2. The third-order valence-electron chi connectivity index (χ3n) is 9.85. The van der Waals surface area contributed by atoms with Gasteiger partial charge in [0, 0.05) is 36.3 Å². The van der Waals surface area contributed by atoms with Crippen molar-refractivity contribution in [3.63, 3.8) is 0 Å². The van der Waals surface area contributed by atoms with Crippen molar-refractivity contribution in [1.29, 1.82) is 0 Å². The fraction of sp³-hybridized carbons (Fsp3) is 0.525. The summed E-state index contributed by atoms with van der Waals surface area (Å²) < 4.78 is 31.7. The minimum atomic E-state index is -2.89. The van der Waals surface area contributed by atoms with Crippen LogP contribution in [0.25, 0.3) is 6.08 Å². The zero-order valence-corrected chi connectivity index (χ0v) is 30.6. The largest absolute Gasteiger partial charge is 0.363 e. The van der Waals surface area contributed by atoms with E-state index >= 15 is 8.78 Å². The number of likely N-dealkylation sites (tertiary alicyclic amines) is 1. The zero-order valence-electron chi connectivity index (χ0n) is 29.7. The van der Waals surface area contributed by atoms with Gasteiger partial charge in [-0.2, -0.15) is 10.5 Å². The molecule has 3 aliphatic rings. The molecular weight excluding hydrogens is 621 g/mol. The fourth-order valence-corrected chi connectivity index (χ4v) is 8.51. The van der Waals surface area contributed by atoms with Crippen molar-refractivity contribution in [2.75, 3.05) is 47.9 Å². The number of hydrogen-bond donors (Lipinski definition) is 1. The molecule has 2 saturated heterocycles. The molecule has 5 rings (SSSR count). The first-order valence-electron chi connectivity index (χ1n) is 17.9. The van der Waals surface area contributed by atoms with Gasteiger partial charge in [-0.25, -0.2) is 18.7 Å². The highest BCUT2D eigenvalue weighted by Crippen LogP contribution is 2.45. The Balaban J connectivity index is 0.00000255. The predicted octanol–water partition coefficient (Wildman–Crippen LogP) is 10.2. The highest BCUT2D eigenvalue weighted by molar-refractivity contribution is 8.14. The van der Waals surface area contributed by atoms with Gasteiger partial charge in [0.2, 0.25) is 0 Å². The van der Waals surface area contributed by atoms with E-state index in [9.17, 15) is 0 Å². The summed E-state index contributed by atoms with van der Waals surface area (Å²) in [6.07, 6.45) is 12.3. The van der Waals surface area contributed by atoms with Gasteiger partial charge in [-0.05, 0) is 113 Å². The topological polar surface area (TPSA) is 44.3 Å². The Morgan fingerprint density at radius 2 is 1.77 bits per heavy atom. The van der Waals surface area contributed by atoms with Crippen molar-refractivity contribution in [2.45, 2.75) is 84.6 Å². The van der Waals surface area contributed by atoms with Crippen molar-refractivity contribution >= 4 is 34.1 Å². The van der Waals surface area contributed by atoms with Gasteiger partial charge in [0.1, 0.15) is 17.5 Å². The third kappa shape index (κ3) is 8.92. The van der Waals surface area contributed by atoms with Crippen molar-refractivity contribution in [1.82, 2.24) is 14.9 Å². The Morgan fingerprint density at radius 1 is 1.06 bits per heavy atom. The second-order valence-electron chi connectivity index (χ2n) is 13.1. The second kappa shape index (κ2) is 17.5. The quantitative estimate of drug-likeness (QED) is 0.130. The lowest BCUT2D eigenvalue weighted by atomic mass is 9.85. The molecule has 0 unspecified atom stereocenters. The van der Waals surface area contributed by atoms with Gasteiger partial charge in [0.25, 0.3) is 5.92 Å². The minimum Gasteiger partial charge on any atom is -0.363 e. The molecule has 1 aromatic heterocycles. The van der Waals surface area contributed by atoms with Crippen LogP contribution < -0.4 is 10.2 Å². The summed E-state index contributed by atoms with van der Waals surface area (Å²) in [4.78, 5) is 14.3. The maximum absolute atomic E-state index is 15.9. The summed E-state index contributed by atoms with van der Waals surface area (Å²) in [5, 5.41) is 3.61. The van der Waals surface area contributed by atoms with Crippen molar-refractivity contribution in [2.24, 2.45) is 11.8 Å². The van der Waals surface area contributed by atoms with Crippen molar-refractivity contribution in [3.8, 4) is 0 Å². The lowest BCUT2D eigenvalue weighted by molar-refractivity contribution is -0.0847. The van der Waals surface area contributed by atoms with E-state index < -0.39 is 11.8 Å². The average molecular weight is 678 g/mol. The molecule has 2 aromatic rings. The molecule has 0 spiro atoms. The number of aryl methyl sites for hydroxylation is 1.